The molecule has 10 heteroatoms. The van der Waals surface area contributed by atoms with Gasteiger partial charge in [-0.3, -0.25) is 9.59 Å². The predicted molar refractivity (Wildman–Crippen MR) is 134 cm³/mol. The Bertz CT molecular complexity index is 1540. The quantitative estimate of drug-likeness (QED) is 0.285. The van der Waals surface area contributed by atoms with Crippen LogP contribution in [-0.2, 0) is 11.0 Å². The van der Waals surface area contributed by atoms with E-state index in [4.69, 9.17) is 25.5 Å². The third-order valence-corrected chi connectivity index (χ3v) is 6.09. The second-order valence-electron chi connectivity index (χ2n) is 8.37. The van der Waals surface area contributed by atoms with Crippen LogP contribution < -0.4 is 20.2 Å². The van der Waals surface area contributed by atoms with E-state index in [1.165, 1.54) is 24.3 Å². The number of rotatable bonds is 6. The fraction of sp³-hybridized carbons (Fsp3) is 0.185. The van der Waals surface area contributed by atoms with E-state index in [-0.39, 0.29) is 22.5 Å². The van der Waals surface area contributed by atoms with Crippen LogP contribution in [0, 0.1) is 20.8 Å². The first-order valence-electron chi connectivity index (χ1n) is 11.0. The van der Waals surface area contributed by atoms with Gasteiger partial charge in [0, 0.05) is 16.8 Å². The van der Waals surface area contributed by atoms with Crippen molar-refractivity contribution in [2.45, 2.75) is 26.9 Å². The topological polar surface area (TPSA) is 77.8 Å². The van der Waals surface area contributed by atoms with Crippen LogP contribution in [0.1, 0.15) is 22.5 Å². The van der Waals surface area contributed by atoms with Gasteiger partial charge in [-0.05, 0) is 67.8 Å². The minimum Gasteiger partial charge on any atom is -0.484 e. The van der Waals surface area contributed by atoms with Crippen LogP contribution in [-0.4, -0.2) is 12.5 Å². The molecular weight excluding hydrogens is 511 g/mol. The van der Waals surface area contributed by atoms with Gasteiger partial charge in [-0.25, -0.2) is 0 Å². The summed E-state index contributed by atoms with van der Waals surface area (Å²) < 4.78 is 57.5. The molecule has 4 rings (SSSR count). The number of halogens is 4. The Morgan fingerprint density at radius 1 is 0.973 bits per heavy atom. The van der Waals surface area contributed by atoms with Gasteiger partial charge in [0.2, 0.25) is 11.2 Å². The minimum absolute atomic E-state index is 0.0103. The molecule has 0 spiro atoms. The molecule has 4 aromatic rings. The molecule has 3 aromatic carbocycles. The number of ether oxygens (including phenoxy) is 2. The summed E-state index contributed by atoms with van der Waals surface area (Å²) in [4.78, 5) is 25.3. The van der Waals surface area contributed by atoms with Crippen LogP contribution in [0.25, 0.3) is 11.0 Å². The molecule has 1 amide bonds. The van der Waals surface area contributed by atoms with E-state index in [0.717, 1.165) is 11.6 Å². The van der Waals surface area contributed by atoms with Gasteiger partial charge in [0.1, 0.15) is 17.1 Å². The molecule has 192 valence electrons. The number of para-hydroxylation sites is 1. The number of benzene rings is 3. The number of anilines is 1. The van der Waals surface area contributed by atoms with E-state index in [0.29, 0.717) is 21.8 Å². The van der Waals surface area contributed by atoms with Gasteiger partial charge in [0.05, 0.1) is 5.39 Å². The van der Waals surface area contributed by atoms with Crippen molar-refractivity contribution in [3.63, 3.8) is 0 Å². The Kier molecular flexibility index (Phi) is 7.18. The molecule has 37 heavy (non-hydrogen) atoms. The smallest absolute Gasteiger partial charge is 0.453 e. The first-order chi connectivity index (χ1) is 17.4. The fourth-order valence-corrected chi connectivity index (χ4v) is 3.77. The first kappa shape index (κ1) is 26.1. The Morgan fingerprint density at radius 2 is 1.65 bits per heavy atom. The third-order valence-electron chi connectivity index (χ3n) is 5.50. The molecule has 0 aliphatic carbocycles. The van der Waals surface area contributed by atoms with Crippen molar-refractivity contribution in [2.24, 2.45) is 0 Å². The summed E-state index contributed by atoms with van der Waals surface area (Å²) in [6.45, 7) is 4.75. The molecule has 0 saturated carbocycles. The molecule has 0 unspecified atom stereocenters. The minimum atomic E-state index is -5.02. The highest BCUT2D eigenvalue weighted by molar-refractivity contribution is 6.32. The lowest BCUT2D eigenvalue weighted by Crippen LogP contribution is -2.20. The van der Waals surface area contributed by atoms with Gasteiger partial charge in [0.15, 0.2) is 6.61 Å². The summed E-state index contributed by atoms with van der Waals surface area (Å²) in [6.07, 6.45) is -5.02. The average Bonchev–Trinajstić information content (AvgIpc) is 2.83. The molecule has 0 saturated heterocycles. The van der Waals surface area contributed by atoms with Crippen molar-refractivity contribution in [3.05, 3.63) is 92.3 Å². The van der Waals surface area contributed by atoms with Crippen LogP contribution in [0.15, 0.2) is 63.8 Å². The molecule has 0 bridgehead atoms. The summed E-state index contributed by atoms with van der Waals surface area (Å²) >= 11 is 6.12. The Balaban J connectivity index is 1.64. The normalized spacial score (nSPS) is 11.4. The zero-order valence-corrected chi connectivity index (χ0v) is 20.7. The van der Waals surface area contributed by atoms with Crippen molar-refractivity contribution >= 4 is 34.2 Å². The van der Waals surface area contributed by atoms with Crippen LogP contribution in [0.4, 0.5) is 18.9 Å². The molecule has 1 heterocycles. The highest BCUT2D eigenvalue weighted by atomic mass is 35.5. The number of carbonyl (C=O) groups excluding carboxylic acids is 1. The number of nitrogens with one attached hydrogen (secondary N) is 1. The number of aryl methyl sites for hydroxylation is 3. The standard InChI is InChI=1S/C27H21ClF3NO5/c1-14-6-4-5-7-20(14)32-22(33)13-35-17-8-9-19-21(12-17)37-26(27(29,30)31)25(24(19)34)36-18-10-15(2)23(28)16(3)11-18/h4-12H,13H2,1-3H3,(H,32,33). The predicted octanol–water partition coefficient (Wildman–Crippen LogP) is 7.20. The maximum Gasteiger partial charge on any atom is 0.453 e. The summed E-state index contributed by atoms with van der Waals surface area (Å²) in [5.41, 5.74) is 1.22. The lowest BCUT2D eigenvalue weighted by Gasteiger charge is -2.15. The van der Waals surface area contributed by atoms with E-state index in [1.54, 1.807) is 26.0 Å². The largest absolute Gasteiger partial charge is 0.484 e. The molecule has 0 aliphatic rings. The van der Waals surface area contributed by atoms with Gasteiger partial charge in [0.25, 0.3) is 11.7 Å². The van der Waals surface area contributed by atoms with Crippen LogP contribution >= 0.6 is 11.6 Å². The van der Waals surface area contributed by atoms with Gasteiger partial charge < -0.3 is 19.2 Å². The Hall–Kier alpha value is -3.98. The van der Waals surface area contributed by atoms with Crippen molar-refractivity contribution in [1.82, 2.24) is 0 Å². The highest BCUT2D eigenvalue weighted by Crippen LogP contribution is 2.39. The number of carbonyl (C=O) groups is 1. The van der Waals surface area contributed by atoms with Crippen molar-refractivity contribution in [2.75, 3.05) is 11.9 Å². The van der Waals surface area contributed by atoms with Crippen LogP contribution in [0.3, 0.4) is 0 Å². The molecule has 6 nitrogen and oxygen atoms in total. The SMILES string of the molecule is Cc1ccccc1NC(=O)COc1ccc2c(=O)c(Oc3cc(C)c(Cl)c(C)c3)c(C(F)(F)F)oc2c1. The first-order valence-corrected chi connectivity index (χ1v) is 11.4. The lowest BCUT2D eigenvalue weighted by atomic mass is 10.1. The van der Waals surface area contributed by atoms with Crippen molar-refractivity contribution in [3.8, 4) is 17.2 Å². The highest BCUT2D eigenvalue weighted by Gasteiger charge is 2.40. The summed E-state index contributed by atoms with van der Waals surface area (Å²) in [5.74, 6) is -3.00. The van der Waals surface area contributed by atoms with E-state index < -0.39 is 35.6 Å². The van der Waals surface area contributed by atoms with E-state index in [9.17, 15) is 22.8 Å². The number of amides is 1. The molecular formula is C27H21ClF3NO5. The zero-order chi connectivity index (χ0) is 26.9. The summed E-state index contributed by atoms with van der Waals surface area (Å²) in [6, 6.07) is 13.7. The van der Waals surface area contributed by atoms with Gasteiger partial charge >= 0.3 is 6.18 Å². The number of fused-ring (bicyclic) bond motifs is 1. The molecule has 1 aromatic heterocycles. The van der Waals surface area contributed by atoms with E-state index in [2.05, 4.69) is 5.32 Å². The molecule has 0 fully saturated rings. The summed E-state index contributed by atoms with van der Waals surface area (Å²) in [7, 11) is 0. The van der Waals surface area contributed by atoms with Gasteiger partial charge in [-0.2, -0.15) is 13.2 Å². The maximum atomic E-state index is 13.9. The van der Waals surface area contributed by atoms with E-state index in [1.807, 2.05) is 19.1 Å². The molecule has 0 aliphatic heterocycles. The van der Waals surface area contributed by atoms with E-state index >= 15 is 0 Å². The Morgan fingerprint density at radius 3 is 2.30 bits per heavy atom. The fourth-order valence-electron chi connectivity index (χ4n) is 3.66. The summed E-state index contributed by atoms with van der Waals surface area (Å²) in [5, 5.41) is 2.97. The number of hydrogen-bond acceptors (Lipinski definition) is 5. The molecule has 0 atom stereocenters. The number of alkyl halides is 3. The van der Waals surface area contributed by atoms with Crippen molar-refractivity contribution < 1.29 is 31.9 Å². The lowest BCUT2D eigenvalue weighted by molar-refractivity contribution is -0.154. The maximum absolute atomic E-state index is 13.9. The van der Waals surface area contributed by atoms with Gasteiger partial charge in [-0.15, -0.1) is 0 Å². The van der Waals surface area contributed by atoms with Gasteiger partial charge in [-0.1, -0.05) is 29.8 Å². The average molecular weight is 532 g/mol. The Labute approximate surface area is 214 Å². The second kappa shape index (κ2) is 10.2. The molecule has 0 radical (unpaired) electrons. The van der Waals surface area contributed by atoms with Crippen LogP contribution in [0.2, 0.25) is 5.02 Å². The monoisotopic (exact) mass is 531 g/mol. The second-order valence-corrected chi connectivity index (χ2v) is 8.75. The van der Waals surface area contributed by atoms with Crippen molar-refractivity contribution in [1.29, 1.82) is 0 Å². The zero-order valence-electron chi connectivity index (χ0n) is 20.0. The molecule has 1 N–H and O–H groups in total. The third kappa shape index (κ3) is 5.72. The van der Waals surface area contributed by atoms with Crippen LogP contribution in [0.5, 0.6) is 17.2 Å². The number of hydrogen-bond donors (Lipinski definition) is 1.